The summed E-state index contributed by atoms with van der Waals surface area (Å²) in [5, 5.41) is 10.6. The van der Waals surface area contributed by atoms with Gasteiger partial charge in [0.15, 0.2) is 0 Å². The predicted molar refractivity (Wildman–Crippen MR) is 105 cm³/mol. The lowest BCUT2D eigenvalue weighted by atomic mass is 10.1. The maximum Gasteiger partial charge on any atom is 0.269 e. The van der Waals surface area contributed by atoms with Gasteiger partial charge in [-0.25, -0.2) is 0 Å². The maximum absolute atomic E-state index is 10.6. The van der Waals surface area contributed by atoms with Gasteiger partial charge in [-0.3, -0.25) is 15.1 Å². The normalized spacial score (nSPS) is 12.5. The van der Waals surface area contributed by atoms with Gasteiger partial charge in [0.2, 0.25) is 0 Å². The summed E-state index contributed by atoms with van der Waals surface area (Å²) < 4.78 is 0. The minimum atomic E-state index is -0.402. The van der Waals surface area contributed by atoms with Crippen LogP contribution >= 0.6 is 0 Å². The molecule has 0 radical (unpaired) electrons. The van der Waals surface area contributed by atoms with E-state index in [0.29, 0.717) is 0 Å². The molecular weight excluding hydrogens is 324 g/mol. The number of nitrogens with zero attached hydrogens (tertiary/aromatic N) is 2. The van der Waals surface area contributed by atoms with Crippen molar-refractivity contribution in [3.63, 3.8) is 0 Å². The van der Waals surface area contributed by atoms with Gasteiger partial charge in [-0.1, -0.05) is 36.4 Å². The highest BCUT2D eigenvalue weighted by Crippen LogP contribution is 2.37. The lowest BCUT2D eigenvalue weighted by molar-refractivity contribution is -0.384. The van der Waals surface area contributed by atoms with Gasteiger partial charge < -0.3 is 0 Å². The number of aliphatic imine (C=N–C) groups is 1. The molecule has 0 atom stereocenters. The summed E-state index contributed by atoms with van der Waals surface area (Å²) in [6.45, 7) is 0. The van der Waals surface area contributed by atoms with Crippen LogP contribution < -0.4 is 0 Å². The smallest absolute Gasteiger partial charge is 0.258 e. The number of benzene rings is 3. The van der Waals surface area contributed by atoms with Crippen LogP contribution in [0.4, 0.5) is 11.4 Å². The lowest BCUT2D eigenvalue weighted by Gasteiger charge is -2.01. The van der Waals surface area contributed by atoms with Crippen LogP contribution in [0.2, 0.25) is 0 Å². The fourth-order valence-corrected chi connectivity index (χ4v) is 3.20. The minimum absolute atomic E-state index is 0.0926. The Kier molecular flexibility index (Phi) is 4.15. The third-order valence-corrected chi connectivity index (χ3v) is 4.48. The summed E-state index contributed by atoms with van der Waals surface area (Å²) in [5.41, 5.74) is 7.19. The number of hydrogen-bond acceptors (Lipinski definition) is 3. The van der Waals surface area contributed by atoms with Gasteiger partial charge in [0.05, 0.1) is 10.6 Å². The summed E-state index contributed by atoms with van der Waals surface area (Å²) in [6.07, 6.45) is 6.40. The Morgan fingerprint density at radius 1 is 0.923 bits per heavy atom. The van der Waals surface area contributed by atoms with E-state index in [0.717, 1.165) is 17.7 Å². The van der Waals surface area contributed by atoms with Gasteiger partial charge in [-0.05, 0) is 64.6 Å². The molecule has 26 heavy (non-hydrogen) atoms. The van der Waals surface area contributed by atoms with E-state index < -0.39 is 4.92 Å². The van der Waals surface area contributed by atoms with Gasteiger partial charge in [-0.15, -0.1) is 0 Å². The molecule has 0 saturated heterocycles. The Morgan fingerprint density at radius 3 is 2.50 bits per heavy atom. The molecule has 0 fully saturated rings. The van der Waals surface area contributed by atoms with E-state index in [4.69, 9.17) is 0 Å². The zero-order valence-corrected chi connectivity index (χ0v) is 14.0. The van der Waals surface area contributed by atoms with Crippen LogP contribution in [0.15, 0.2) is 77.8 Å². The quantitative estimate of drug-likeness (QED) is 0.276. The summed E-state index contributed by atoms with van der Waals surface area (Å²) in [4.78, 5) is 14.7. The molecule has 126 valence electrons. The number of fused-ring (bicyclic) bond motifs is 3. The summed E-state index contributed by atoms with van der Waals surface area (Å²) in [7, 11) is 0. The molecule has 1 aliphatic carbocycles. The summed E-state index contributed by atoms with van der Waals surface area (Å²) in [6, 6.07) is 21.2. The van der Waals surface area contributed by atoms with E-state index >= 15 is 0 Å². The van der Waals surface area contributed by atoms with Crippen molar-refractivity contribution < 1.29 is 4.92 Å². The molecule has 4 heteroatoms. The largest absolute Gasteiger partial charge is 0.269 e. The first kappa shape index (κ1) is 16.0. The van der Waals surface area contributed by atoms with Crippen molar-refractivity contribution in [2.75, 3.05) is 0 Å². The second-order valence-electron chi connectivity index (χ2n) is 6.16. The molecule has 4 nitrogen and oxygen atoms in total. The van der Waals surface area contributed by atoms with E-state index in [1.165, 1.54) is 34.4 Å². The molecule has 0 unspecified atom stereocenters. The highest BCUT2D eigenvalue weighted by molar-refractivity contribution is 5.82. The molecule has 0 N–H and O–H groups in total. The Morgan fingerprint density at radius 2 is 1.69 bits per heavy atom. The average Bonchev–Trinajstić information content (AvgIpc) is 3.03. The molecule has 0 saturated carbocycles. The molecule has 0 bridgehead atoms. The average molecular weight is 340 g/mol. The third kappa shape index (κ3) is 3.17. The number of rotatable bonds is 4. The Balaban J connectivity index is 1.46. The number of allylic oxidation sites excluding steroid dienone is 1. The number of hydrogen-bond donors (Lipinski definition) is 0. The van der Waals surface area contributed by atoms with Crippen molar-refractivity contribution in [2.24, 2.45) is 4.99 Å². The number of non-ortho nitro benzene ring substituents is 1. The first-order valence-corrected chi connectivity index (χ1v) is 8.37. The molecule has 3 aromatic rings. The molecule has 0 spiro atoms. The molecule has 0 aromatic heterocycles. The monoisotopic (exact) mass is 340 g/mol. The Hall–Kier alpha value is -3.53. The van der Waals surface area contributed by atoms with Crippen LogP contribution in [0.3, 0.4) is 0 Å². The van der Waals surface area contributed by atoms with Crippen molar-refractivity contribution in [3.8, 4) is 11.1 Å². The van der Waals surface area contributed by atoms with Crippen LogP contribution in [0.1, 0.15) is 16.7 Å². The van der Waals surface area contributed by atoms with E-state index in [9.17, 15) is 10.1 Å². The predicted octanol–water partition coefficient (Wildman–Crippen LogP) is 5.58. The SMILES string of the molecule is O=[N+]([O-])c1ccc(C=CC=Nc2ccc3c(c2)Cc2ccccc2-3)cc1. The first-order valence-electron chi connectivity index (χ1n) is 8.37. The van der Waals surface area contributed by atoms with Crippen molar-refractivity contribution in [3.05, 3.63) is 99.6 Å². The lowest BCUT2D eigenvalue weighted by Crippen LogP contribution is -1.86. The zero-order chi connectivity index (χ0) is 17.9. The number of nitro groups is 1. The molecule has 0 amide bonds. The first-order chi connectivity index (χ1) is 12.7. The molecule has 0 aliphatic heterocycles. The van der Waals surface area contributed by atoms with E-state index in [2.05, 4.69) is 41.4 Å². The molecule has 3 aromatic carbocycles. The van der Waals surface area contributed by atoms with Crippen molar-refractivity contribution in [1.29, 1.82) is 0 Å². The van der Waals surface area contributed by atoms with Crippen LogP contribution in [-0.2, 0) is 6.42 Å². The zero-order valence-electron chi connectivity index (χ0n) is 14.0. The van der Waals surface area contributed by atoms with Crippen LogP contribution in [0.5, 0.6) is 0 Å². The maximum atomic E-state index is 10.6. The molecule has 1 aliphatic rings. The second-order valence-corrected chi connectivity index (χ2v) is 6.16. The summed E-state index contributed by atoms with van der Waals surface area (Å²) in [5.74, 6) is 0. The van der Waals surface area contributed by atoms with Crippen LogP contribution in [0, 0.1) is 10.1 Å². The second kappa shape index (κ2) is 6.76. The van der Waals surface area contributed by atoms with E-state index in [1.807, 2.05) is 18.2 Å². The topological polar surface area (TPSA) is 55.5 Å². The van der Waals surface area contributed by atoms with Crippen LogP contribution in [-0.4, -0.2) is 11.1 Å². The van der Waals surface area contributed by atoms with Gasteiger partial charge in [0.25, 0.3) is 5.69 Å². The van der Waals surface area contributed by atoms with Gasteiger partial charge in [0, 0.05) is 18.3 Å². The fourth-order valence-electron chi connectivity index (χ4n) is 3.20. The standard InChI is InChI=1S/C22H16N2O2/c25-24(26)20-10-7-16(8-11-20)4-3-13-23-19-9-12-22-18(15-19)14-17-5-1-2-6-21(17)22/h1-13,15H,14H2. The van der Waals surface area contributed by atoms with E-state index in [1.54, 1.807) is 18.3 Å². The molecule has 4 rings (SSSR count). The van der Waals surface area contributed by atoms with Crippen LogP contribution in [0.25, 0.3) is 17.2 Å². The minimum Gasteiger partial charge on any atom is -0.258 e. The molecular formula is C22H16N2O2. The summed E-state index contributed by atoms with van der Waals surface area (Å²) >= 11 is 0. The van der Waals surface area contributed by atoms with Crippen molar-refractivity contribution in [2.45, 2.75) is 6.42 Å². The van der Waals surface area contributed by atoms with E-state index in [-0.39, 0.29) is 5.69 Å². The fraction of sp³-hybridized carbons (Fsp3) is 0.0455. The van der Waals surface area contributed by atoms with Gasteiger partial charge in [-0.2, -0.15) is 0 Å². The van der Waals surface area contributed by atoms with Gasteiger partial charge >= 0.3 is 0 Å². The van der Waals surface area contributed by atoms with Gasteiger partial charge in [0.1, 0.15) is 0 Å². The highest BCUT2D eigenvalue weighted by atomic mass is 16.6. The highest BCUT2D eigenvalue weighted by Gasteiger charge is 2.17. The number of nitro benzene ring substituents is 1. The third-order valence-electron chi connectivity index (χ3n) is 4.48. The van der Waals surface area contributed by atoms with Crippen molar-refractivity contribution >= 4 is 23.7 Å². The Labute approximate surface area is 151 Å². The Bertz CT molecular complexity index is 1030. The van der Waals surface area contributed by atoms with Crippen molar-refractivity contribution in [1.82, 2.24) is 0 Å². The molecule has 0 heterocycles.